The predicted octanol–water partition coefficient (Wildman–Crippen LogP) is -0.909. The van der Waals surface area contributed by atoms with Crippen molar-refractivity contribution in [2.24, 2.45) is 11.7 Å². The van der Waals surface area contributed by atoms with E-state index in [0.29, 0.717) is 5.56 Å². The van der Waals surface area contributed by atoms with E-state index in [-0.39, 0.29) is 31.7 Å². The molecule has 0 aliphatic heterocycles. The van der Waals surface area contributed by atoms with Gasteiger partial charge in [-0.1, -0.05) is 74.5 Å². The van der Waals surface area contributed by atoms with Gasteiger partial charge in [0.25, 0.3) is 0 Å². The molecule has 2 aromatic carbocycles. The Morgan fingerprint density at radius 1 is 0.638 bits per heavy atom. The summed E-state index contributed by atoms with van der Waals surface area (Å²) in [4.78, 5) is 87.1. The molecule has 15 heteroatoms. The molecule has 0 spiro atoms. The molecule has 0 unspecified atom stereocenters. The van der Waals surface area contributed by atoms with Gasteiger partial charge in [-0.2, -0.15) is 0 Å². The molecule has 0 saturated carbocycles. The lowest BCUT2D eigenvalue weighted by Gasteiger charge is -2.25. The van der Waals surface area contributed by atoms with Crippen molar-refractivity contribution in [3.63, 3.8) is 0 Å². The molecule has 2 rings (SSSR count). The number of hydrogen-bond donors (Lipinski definition) is 8. The zero-order valence-corrected chi connectivity index (χ0v) is 26.2. The number of rotatable bonds is 19. The van der Waals surface area contributed by atoms with Gasteiger partial charge >= 0.3 is 11.9 Å². The van der Waals surface area contributed by atoms with E-state index in [1.807, 2.05) is 0 Å². The zero-order chi connectivity index (χ0) is 34.9. The lowest BCUT2D eigenvalue weighted by atomic mass is 10.0. The SMILES string of the molecule is CC(C)C[C@H](NC(=O)CNC(=O)[C@H](Cc1ccccc1)NC(=O)CN)C(=O)N[C@@H](Cc1ccccc1)C(=O)N[C@@H](CC(=O)O)C(=O)O. The zero-order valence-electron chi connectivity index (χ0n) is 26.2. The molecular weight excluding hydrogens is 612 g/mol. The van der Waals surface area contributed by atoms with Crippen LogP contribution in [0.3, 0.4) is 0 Å². The van der Waals surface area contributed by atoms with Crippen LogP contribution in [0.1, 0.15) is 37.8 Å². The highest BCUT2D eigenvalue weighted by Crippen LogP contribution is 2.09. The largest absolute Gasteiger partial charge is 0.481 e. The molecule has 5 amide bonds. The molecule has 0 aliphatic rings. The van der Waals surface area contributed by atoms with Crippen LogP contribution in [0.25, 0.3) is 0 Å². The molecular formula is C32H42N6O9. The fourth-order valence-electron chi connectivity index (χ4n) is 4.53. The van der Waals surface area contributed by atoms with Crippen molar-refractivity contribution in [1.29, 1.82) is 0 Å². The van der Waals surface area contributed by atoms with Gasteiger partial charge in [-0.05, 0) is 23.5 Å². The van der Waals surface area contributed by atoms with Gasteiger partial charge in [-0.15, -0.1) is 0 Å². The summed E-state index contributed by atoms with van der Waals surface area (Å²) in [5.74, 6) is -6.73. The average molecular weight is 655 g/mol. The first-order chi connectivity index (χ1) is 22.3. The summed E-state index contributed by atoms with van der Waals surface area (Å²) in [6.07, 6.45) is -0.663. The third kappa shape index (κ3) is 14.1. The van der Waals surface area contributed by atoms with Crippen LogP contribution < -0.4 is 32.3 Å². The minimum Gasteiger partial charge on any atom is -0.481 e. The number of nitrogens with one attached hydrogen (secondary N) is 5. The van der Waals surface area contributed by atoms with Crippen LogP contribution in [0, 0.1) is 5.92 Å². The summed E-state index contributed by atoms with van der Waals surface area (Å²) in [5, 5.41) is 30.7. The molecule has 0 saturated heterocycles. The van der Waals surface area contributed by atoms with E-state index in [4.69, 9.17) is 10.8 Å². The number of nitrogens with two attached hydrogens (primary N) is 1. The van der Waals surface area contributed by atoms with Gasteiger partial charge in [0, 0.05) is 12.8 Å². The van der Waals surface area contributed by atoms with Gasteiger partial charge in [0.15, 0.2) is 0 Å². The van der Waals surface area contributed by atoms with Gasteiger partial charge in [0.05, 0.1) is 19.5 Å². The van der Waals surface area contributed by atoms with Crippen LogP contribution in [0.5, 0.6) is 0 Å². The molecule has 0 radical (unpaired) electrons. The van der Waals surface area contributed by atoms with E-state index in [0.717, 1.165) is 5.56 Å². The summed E-state index contributed by atoms with van der Waals surface area (Å²) < 4.78 is 0. The van der Waals surface area contributed by atoms with E-state index < -0.39 is 78.6 Å². The third-order valence-corrected chi connectivity index (χ3v) is 6.81. The first kappa shape index (κ1) is 37.9. The van der Waals surface area contributed by atoms with E-state index in [1.54, 1.807) is 74.5 Å². The van der Waals surface area contributed by atoms with Gasteiger partial charge in [0.2, 0.25) is 29.5 Å². The highest BCUT2D eigenvalue weighted by Gasteiger charge is 2.31. The number of hydrogen-bond acceptors (Lipinski definition) is 8. The van der Waals surface area contributed by atoms with Crippen molar-refractivity contribution in [3.8, 4) is 0 Å². The number of benzene rings is 2. The number of aliphatic carboxylic acids is 2. The van der Waals surface area contributed by atoms with E-state index >= 15 is 0 Å². The van der Waals surface area contributed by atoms with Gasteiger partial charge in [-0.25, -0.2) is 4.79 Å². The number of amides is 5. The molecule has 0 fully saturated rings. The fourth-order valence-corrected chi connectivity index (χ4v) is 4.53. The Morgan fingerprint density at radius 3 is 1.57 bits per heavy atom. The first-order valence-corrected chi connectivity index (χ1v) is 15.0. The van der Waals surface area contributed by atoms with Crippen molar-refractivity contribution < 1.29 is 43.8 Å². The summed E-state index contributed by atoms with van der Waals surface area (Å²) >= 11 is 0. The molecule has 4 atom stereocenters. The number of carboxylic acids is 2. The summed E-state index contributed by atoms with van der Waals surface area (Å²) in [7, 11) is 0. The number of carboxylic acid groups (broad SMARTS) is 2. The maximum atomic E-state index is 13.5. The normalized spacial score (nSPS) is 13.3. The Kier molecular flexibility index (Phi) is 15.5. The van der Waals surface area contributed by atoms with Crippen LogP contribution in [0.15, 0.2) is 60.7 Å². The maximum Gasteiger partial charge on any atom is 0.326 e. The monoisotopic (exact) mass is 654 g/mol. The van der Waals surface area contributed by atoms with E-state index in [2.05, 4.69) is 26.6 Å². The minimum absolute atomic E-state index is 0.0620. The third-order valence-electron chi connectivity index (χ3n) is 6.81. The molecule has 47 heavy (non-hydrogen) atoms. The summed E-state index contributed by atoms with van der Waals surface area (Å²) in [5.41, 5.74) is 6.77. The second-order valence-electron chi connectivity index (χ2n) is 11.2. The standard InChI is InChI=1S/C32H42N6O9/c1-19(2)13-22(36-27(40)18-34-29(43)23(35-26(39)17-33)14-20-9-5-3-6-10-20)30(44)37-24(15-21-11-7-4-8-12-21)31(45)38-25(32(46)47)16-28(41)42/h3-12,19,22-25H,13-18,33H2,1-2H3,(H,34,43)(H,35,39)(H,36,40)(H,37,44)(H,38,45)(H,41,42)(H,46,47)/t22-,23-,24-,25-/m0/s1. The van der Waals surface area contributed by atoms with Crippen LogP contribution in [0.2, 0.25) is 0 Å². The Hall–Kier alpha value is -5.31. The molecule has 15 nitrogen and oxygen atoms in total. The second-order valence-corrected chi connectivity index (χ2v) is 11.2. The van der Waals surface area contributed by atoms with Crippen molar-refractivity contribution >= 4 is 41.5 Å². The van der Waals surface area contributed by atoms with Gasteiger partial charge < -0.3 is 42.5 Å². The molecule has 0 heterocycles. The topological polar surface area (TPSA) is 246 Å². The van der Waals surface area contributed by atoms with Crippen LogP contribution in [-0.2, 0) is 46.4 Å². The predicted molar refractivity (Wildman–Crippen MR) is 169 cm³/mol. The second kappa shape index (κ2) is 19.3. The van der Waals surface area contributed by atoms with Gasteiger partial charge in [0.1, 0.15) is 24.2 Å². The summed E-state index contributed by atoms with van der Waals surface area (Å²) in [6, 6.07) is 12.2. The Bertz CT molecular complexity index is 1390. The minimum atomic E-state index is -1.75. The Balaban J connectivity index is 2.16. The molecule has 254 valence electrons. The number of carbonyl (C=O) groups is 7. The van der Waals surface area contributed by atoms with Crippen LogP contribution in [0.4, 0.5) is 0 Å². The quantitative estimate of drug-likeness (QED) is 0.0927. The van der Waals surface area contributed by atoms with Crippen molar-refractivity contribution in [2.45, 2.75) is 63.7 Å². The Morgan fingerprint density at radius 2 is 1.11 bits per heavy atom. The lowest BCUT2D eigenvalue weighted by molar-refractivity contribution is -0.147. The van der Waals surface area contributed by atoms with E-state index in [9.17, 15) is 38.7 Å². The van der Waals surface area contributed by atoms with Crippen LogP contribution >= 0.6 is 0 Å². The van der Waals surface area contributed by atoms with Crippen molar-refractivity contribution in [3.05, 3.63) is 71.8 Å². The first-order valence-electron chi connectivity index (χ1n) is 15.0. The molecule has 9 N–H and O–H groups in total. The maximum absolute atomic E-state index is 13.5. The van der Waals surface area contributed by atoms with Crippen LogP contribution in [-0.4, -0.2) is 88.9 Å². The summed E-state index contributed by atoms with van der Waals surface area (Å²) in [6.45, 7) is 2.73. The molecule has 0 aromatic heterocycles. The fraction of sp³-hybridized carbons (Fsp3) is 0.406. The van der Waals surface area contributed by atoms with Crippen molar-refractivity contribution in [2.75, 3.05) is 13.1 Å². The average Bonchev–Trinajstić information content (AvgIpc) is 3.02. The smallest absolute Gasteiger partial charge is 0.326 e. The number of carbonyl (C=O) groups excluding carboxylic acids is 5. The highest BCUT2D eigenvalue weighted by molar-refractivity contribution is 5.95. The molecule has 0 bridgehead atoms. The highest BCUT2D eigenvalue weighted by atomic mass is 16.4. The van der Waals surface area contributed by atoms with Gasteiger partial charge in [-0.3, -0.25) is 28.8 Å². The Labute approximate surface area is 272 Å². The van der Waals surface area contributed by atoms with E-state index in [1.165, 1.54) is 0 Å². The molecule has 0 aliphatic carbocycles. The molecule has 2 aromatic rings. The lowest BCUT2D eigenvalue weighted by Crippen LogP contribution is -2.57. The van der Waals surface area contributed by atoms with Crippen molar-refractivity contribution in [1.82, 2.24) is 26.6 Å².